The van der Waals surface area contributed by atoms with Gasteiger partial charge in [0, 0.05) is 43.1 Å². The van der Waals surface area contributed by atoms with Crippen LogP contribution in [0.4, 0.5) is 13.2 Å². The predicted molar refractivity (Wildman–Crippen MR) is 162 cm³/mol. The molecule has 5 aliphatic rings. The van der Waals surface area contributed by atoms with E-state index in [1.165, 1.54) is 19.2 Å². The highest BCUT2D eigenvalue weighted by Crippen LogP contribution is 2.48. The van der Waals surface area contributed by atoms with E-state index in [1.807, 2.05) is 48.3 Å². The number of rotatable bonds is 4. The minimum absolute atomic E-state index is 0.0978. The monoisotopic (exact) mass is 651 g/mol. The lowest BCUT2D eigenvalue weighted by atomic mass is 9.72. The molecule has 1 aromatic heterocycles. The van der Waals surface area contributed by atoms with Gasteiger partial charge in [-0.2, -0.15) is 0 Å². The van der Waals surface area contributed by atoms with Gasteiger partial charge < -0.3 is 20.2 Å². The topological polar surface area (TPSA) is 107 Å². The van der Waals surface area contributed by atoms with E-state index in [-0.39, 0.29) is 29.8 Å². The molecule has 0 saturated carbocycles. The maximum absolute atomic E-state index is 14.2. The molecule has 47 heavy (non-hydrogen) atoms. The number of alkyl halides is 3. The van der Waals surface area contributed by atoms with E-state index in [0.717, 1.165) is 16.0 Å². The number of hydrogen-bond donors (Lipinski definition) is 2. The van der Waals surface area contributed by atoms with Gasteiger partial charge in [-0.25, -0.2) is 0 Å². The predicted octanol–water partition coefficient (Wildman–Crippen LogP) is 3.03. The number of nitrogens with one attached hydrogen (secondary N) is 1. The summed E-state index contributed by atoms with van der Waals surface area (Å²) < 4.78 is 48.2. The van der Waals surface area contributed by atoms with E-state index in [0.29, 0.717) is 54.3 Å². The van der Waals surface area contributed by atoms with Gasteiger partial charge in [0.2, 0.25) is 17.5 Å². The van der Waals surface area contributed by atoms with Gasteiger partial charge in [-0.05, 0) is 62.4 Å². The second-order valence-electron chi connectivity index (χ2n) is 13.8. The molecule has 0 unspecified atom stereocenters. The van der Waals surface area contributed by atoms with E-state index in [4.69, 9.17) is 4.74 Å². The van der Waals surface area contributed by atoms with Gasteiger partial charge >= 0.3 is 6.30 Å². The lowest BCUT2D eigenvalue weighted by molar-refractivity contribution is -0.315. The van der Waals surface area contributed by atoms with E-state index >= 15 is 0 Å². The van der Waals surface area contributed by atoms with Crippen LogP contribution in [0, 0.1) is 5.92 Å². The summed E-state index contributed by atoms with van der Waals surface area (Å²) in [6, 6.07) is 12.3. The molecule has 7 atom stereocenters. The Labute approximate surface area is 269 Å². The number of halogens is 3. The van der Waals surface area contributed by atoms with Crippen LogP contribution in [0.25, 0.3) is 10.9 Å². The average molecular weight is 652 g/mol. The molecule has 0 bridgehead atoms. The highest BCUT2D eigenvalue weighted by Gasteiger charge is 2.70. The van der Waals surface area contributed by atoms with Crippen LogP contribution in [0.5, 0.6) is 0 Å². The Bertz CT molecular complexity index is 1800. The first-order chi connectivity index (χ1) is 22.3. The second-order valence-corrected chi connectivity index (χ2v) is 13.8. The Balaban J connectivity index is 1.08. The molecule has 8 rings (SSSR count). The summed E-state index contributed by atoms with van der Waals surface area (Å²) in [5.41, 5.74) is 0.369. The van der Waals surface area contributed by atoms with Crippen LogP contribution in [0.15, 0.2) is 54.7 Å². The lowest BCUT2D eigenvalue weighted by Gasteiger charge is -2.48. The van der Waals surface area contributed by atoms with Crippen LogP contribution >= 0.6 is 0 Å². The first-order valence-corrected chi connectivity index (χ1v) is 16.1. The van der Waals surface area contributed by atoms with Crippen LogP contribution in [0.2, 0.25) is 0 Å². The number of benzene rings is 2. The highest BCUT2D eigenvalue weighted by molar-refractivity contribution is 5.97. The van der Waals surface area contributed by atoms with Crippen molar-refractivity contribution in [2.75, 3.05) is 20.1 Å². The number of likely N-dealkylation sites (N-methyl/N-ethyl adjacent to an activating group) is 1. The molecule has 3 aromatic rings. The summed E-state index contributed by atoms with van der Waals surface area (Å²) in [6.45, 7) is 2.17. The van der Waals surface area contributed by atoms with Gasteiger partial charge in [0.15, 0.2) is 0 Å². The third-order valence-corrected chi connectivity index (χ3v) is 11.0. The van der Waals surface area contributed by atoms with Gasteiger partial charge in [0.1, 0.15) is 12.1 Å². The summed E-state index contributed by atoms with van der Waals surface area (Å²) in [7, 11) is 1.86. The maximum Gasteiger partial charge on any atom is 0.488 e. The minimum Gasteiger partial charge on any atom is -0.347 e. The number of carbonyl (C=O) groups excluding carboxylic acids is 3. The fourth-order valence-corrected chi connectivity index (χ4v) is 8.96. The Morgan fingerprint density at radius 3 is 2.64 bits per heavy atom. The minimum atomic E-state index is -4.56. The zero-order valence-electron chi connectivity index (χ0n) is 26.0. The van der Waals surface area contributed by atoms with Crippen molar-refractivity contribution in [2.45, 2.75) is 81.0 Å². The summed E-state index contributed by atoms with van der Waals surface area (Å²) >= 11 is 0. The van der Waals surface area contributed by atoms with Crippen LogP contribution < -0.4 is 5.32 Å². The van der Waals surface area contributed by atoms with Crippen molar-refractivity contribution < 1.29 is 37.4 Å². The van der Waals surface area contributed by atoms with Crippen LogP contribution in [0.1, 0.15) is 48.8 Å². The molecule has 13 heteroatoms. The number of likely N-dealkylation sites (tertiary alicyclic amines) is 1. The Hall–Kier alpha value is -3.94. The fraction of sp³-hybridized carbons (Fsp3) is 0.500. The van der Waals surface area contributed by atoms with Gasteiger partial charge in [-0.3, -0.25) is 28.6 Å². The van der Waals surface area contributed by atoms with Crippen molar-refractivity contribution in [1.82, 2.24) is 24.6 Å². The summed E-state index contributed by atoms with van der Waals surface area (Å²) in [6.07, 6.45) is -1.34. The van der Waals surface area contributed by atoms with Crippen molar-refractivity contribution in [3.8, 4) is 0 Å². The van der Waals surface area contributed by atoms with Crippen molar-refractivity contribution >= 4 is 28.6 Å². The number of hydrogen-bond acceptors (Lipinski definition) is 6. The molecule has 4 saturated heterocycles. The van der Waals surface area contributed by atoms with Crippen molar-refractivity contribution in [1.29, 1.82) is 0 Å². The van der Waals surface area contributed by atoms with Crippen LogP contribution in [-0.4, -0.2) is 92.0 Å². The molecule has 10 nitrogen and oxygen atoms in total. The molecule has 1 aliphatic carbocycles. The summed E-state index contributed by atoms with van der Waals surface area (Å²) in [5, 5.41) is 15.4. The third kappa shape index (κ3) is 4.46. The Kier molecular flexibility index (Phi) is 6.65. The van der Waals surface area contributed by atoms with Crippen LogP contribution in [0.3, 0.4) is 0 Å². The number of fused-ring (bicyclic) bond motifs is 5. The maximum atomic E-state index is 14.2. The number of aromatic nitrogens is 1. The van der Waals surface area contributed by atoms with Crippen molar-refractivity contribution in [3.05, 3.63) is 71.4 Å². The van der Waals surface area contributed by atoms with Gasteiger partial charge in [0.05, 0.1) is 11.4 Å². The SMILES string of the molecule is CN1C[C@H](C(=O)N[C@]2(C)O[C@@]3(O)[C@@H]4CCCN4C(=O)[C@H](Cc4ccccc4)N3C2=O)C[C@@H]2c3cccc4c3c(cn4C(F)(F)F)C[C@H]21. The Morgan fingerprint density at radius 1 is 1.13 bits per heavy atom. The second kappa shape index (κ2) is 10.3. The zero-order valence-corrected chi connectivity index (χ0v) is 26.0. The average Bonchev–Trinajstić information content (AvgIpc) is 3.72. The van der Waals surface area contributed by atoms with E-state index in [1.54, 1.807) is 11.0 Å². The van der Waals surface area contributed by atoms with Gasteiger partial charge in [-0.1, -0.05) is 42.5 Å². The zero-order chi connectivity index (χ0) is 33.0. The van der Waals surface area contributed by atoms with E-state index < -0.39 is 47.8 Å². The van der Waals surface area contributed by atoms with Crippen molar-refractivity contribution in [3.63, 3.8) is 0 Å². The smallest absolute Gasteiger partial charge is 0.347 e. The molecular weight excluding hydrogens is 615 g/mol. The van der Waals surface area contributed by atoms with Crippen LogP contribution in [-0.2, 0) is 38.3 Å². The molecule has 4 fully saturated rings. The highest BCUT2D eigenvalue weighted by atomic mass is 19.4. The Morgan fingerprint density at radius 2 is 1.89 bits per heavy atom. The number of amides is 3. The molecule has 5 heterocycles. The standard InChI is InChI=1S/C34H36F3N5O5/c1-32(31(45)42-26(14-19-8-4-3-5-9-19)30(44)40-13-7-12-27(40)33(42,46)47-32)38-29(43)21-15-23-22-10-6-11-24-28(22)20(16-25(23)39(2)17-21)18-41(24)34(35,36)37/h3-6,8-11,18,21,23,25-27,46H,7,12-17H2,1-2H3,(H,38,43)/t21-,23-,25-,26+,27+,32-,33+/m1/s1. The van der Waals surface area contributed by atoms with Gasteiger partial charge in [-0.15, -0.1) is 13.2 Å². The molecule has 0 radical (unpaired) electrons. The quantitative estimate of drug-likeness (QED) is 0.450. The molecule has 0 spiro atoms. The lowest BCUT2D eigenvalue weighted by Crippen LogP contribution is -2.71. The number of piperazine rings is 1. The first kappa shape index (κ1) is 30.4. The number of piperidine rings is 1. The normalized spacial score (nSPS) is 33.6. The number of nitrogens with zero attached hydrogens (tertiary/aromatic N) is 4. The molecular formula is C34H36F3N5O5. The number of aliphatic hydroxyl groups is 1. The fourth-order valence-electron chi connectivity index (χ4n) is 8.96. The van der Waals surface area contributed by atoms with Crippen molar-refractivity contribution in [2.24, 2.45) is 5.92 Å². The number of ether oxygens (including phenoxy) is 1. The van der Waals surface area contributed by atoms with E-state index in [2.05, 4.69) is 5.32 Å². The summed E-state index contributed by atoms with van der Waals surface area (Å²) in [5.74, 6) is -4.38. The molecule has 2 aromatic carbocycles. The number of carbonyl (C=O) groups is 3. The molecule has 248 valence electrons. The first-order valence-electron chi connectivity index (χ1n) is 16.1. The molecule has 2 N–H and O–H groups in total. The third-order valence-electron chi connectivity index (χ3n) is 11.0. The largest absolute Gasteiger partial charge is 0.488 e. The molecule has 3 amide bonds. The van der Waals surface area contributed by atoms with Gasteiger partial charge in [0.25, 0.3) is 11.8 Å². The summed E-state index contributed by atoms with van der Waals surface area (Å²) in [4.78, 5) is 46.7. The molecule has 4 aliphatic heterocycles. The van der Waals surface area contributed by atoms with E-state index in [9.17, 15) is 32.7 Å².